The topological polar surface area (TPSA) is 31.2 Å². The Bertz CT molecular complexity index is 859. The van der Waals surface area contributed by atoms with Crippen molar-refractivity contribution >= 4 is 15.9 Å². The molecule has 1 aromatic heterocycles. The summed E-state index contributed by atoms with van der Waals surface area (Å²) in [5.41, 5.74) is -0.753. The molecule has 0 aliphatic heterocycles. The van der Waals surface area contributed by atoms with E-state index in [1.54, 1.807) is 6.92 Å². The Morgan fingerprint density at radius 1 is 1.40 bits per heavy atom. The van der Waals surface area contributed by atoms with Gasteiger partial charge in [-0.3, -0.25) is 4.79 Å². The summed E-state index contributed by atoms with van der Waals surface area (Å²) >= 11 is 2.97. The van der Waals surface area contributed by atoms with Crippen molar-refractivity contribution in [3.63, 3.8) is 0 Å². The van der Waals surface area contributed by atoms with Gasteiger partial charge in [0.1, 0.15) is 12.4 Å². The summed E-state index contributed by atoms with van der Waals surface area (Å²) in [5.74, 6) is 4.85. The van der Waals surface area contributed by atoms with Crippen molar-refractivity contribution in [1.29, 1.82) is 0 Å². The molecule has 0 saturated heterocycles. The normalized spacial score (nSPS) is 10.0. The van der Waals surface area contributed by atoms with Crippen LogP contribution in [0.5, 0.6) is 5.75 Å². The Morgan fingerprint density at radius 3 is 2.72 bits per heavy atom. The van der Waals surface area contributed by atoms with E-state index < -0.39 is 24.3 Å². The van der Waals surface area contributed by atoms with Crippen LogP contribution in [0.25, 0.3) is 11.3 Å². The van der Waals surface area contributed by atoms with Gasteiger partial charge >= 0.3 is 0 Å². The van der Waals surface area contributed by atoms with Gasteiger partial charge in [0.2, 0.25) is 5.56 Å². The minimum atomic E-state index is -2.76. The van der Waals surface area contributed by atoms with E-state index in [-0.39, 0.29) is 60.8 Å². The predicted molar refractivity (Wildman–Crippen MR) is 87.6 cm³/mol. The average Bonchev–Trinajstić information content (AvgIpc) is 2.53. The number of benzene rings is 1. The monoisotopic (exact) mass is 487 g/mol. The third-order valence-electron chi connectivity index (χ3n) is 3.06. The molecule has 2 aromatic rings. The molecule has 0 aliphatic carbocycles. The van der Waals surface area contributed by atoms with Crippen molar-refractivity contribution in [2.75, 3.05) is 6.61 Å². The van der Waals surface area contributed by atoms with Gasteiger partial charge < -0.3 is 9.30 Å². The summed E-state index contributed by atoms with van der Waals surface area (Å²) in [4.78, 5) is 12.1. The van der Waals surface area contributed by atoms with Crippen LogP contribution in [-0.2, 0) is 39.3 Å². The zero-order chi connectivity index (χ0) is 17.7. The standard InChI is InChI=1S/C17H12BrF3NO2.Y/c1-2-3-8-24-11-4-5-12(14(19)9-11)15-7-6-13(18)17(23)22(15)10-16(20)21;/h4-6,9,16H,8,10H2,1H3;/q-1;. The minimum absolute atomic E-state index is 0. The Morgan fingerprint density at radius 2 is 2.12 bits per heavy atom. The van der Waals surface area contributed by atoms with Gasteiger partial charge in [-0.25, -0.2) is 13.2 Å². The number of nitrogens with zero attached hydrogens (tertiary/aromatic N) is 1. The molecule has 8 heteroatoms. The molecule has 0 saturated carbocycles. The molecule has 0 fully saturated rings. The van der Waals surface area contributed by atoms with E-state index in [1.807, 2.05) is 0 Å². The van der Waals surface area contributed by atoms with Crippen molar-refractivity contribution in [3.8, 4) is 28.8 Å². The minimum Gasteiger partial charge on any atom is -0.481 e. The quantitative estimate of drug-likeness (QED) is 0.473. The zero-order valence-corrected chi connectivity index (χ0v) is 17.6. The third-order valence-corrected chi connectivity index (χ3v) is 3.63. The molecule has 1 aromatic carbocycles. The van der Waals surface area contributed by atoms with Crippen LogP contribution >= 0.6 is 15.9 Å². The summed E-state index contributed by atoms with van der Waals surface area (Å²) in [7, 11) is 0. The number of hydrogen-bond donors (Lipinski definition) is 0. The van der Waals surface area contributed by atoms with Crippen molar-refractivity contribution in [2.24, 2.45) is 0 Å². The largest absolute Gasteiger partial charge is 0.481 e. The van der Waals surface area contributed by atoms with Crippen molar-refractivity contribution in [1.82, 2.24) is 4.57 Å². The number of alkyl halides is 2. The number of hydrogen-bond acceptors (Lipinski definition) is 2. The molecule has 0 atom stereocenters. The smallest absolute Gasteiger partial charge is 0.256 e. The van der Waals surface area contributed by atoms with Gasteiger partial charge in [0.05, 0.1) is 12.4 Å². The van der Waals surface area contributed by atoms with E-state index >= 15 is 0 Å². The van der Waals surface area contributed by atoms with Crippen LogP contribution in [0.15, 0.2) is 33.5 Å². The number of pyridine rings is 1. The summed E-state index contributed by atoms with van der Waals surface area (Å²) in [6, 6.07) is 7.88. The molecule has 0 amide bonds. The van der Waals surface area contributed by atoms with Crippen molar-refractivity contribution < 1.29 is 50.6 Å². The molecule has 1 radical (unpaired) electrons. The summed E-state index contributed by atoms with van der Waals surface area (Å²) in [6.07, 6.45) is -2.76. The van der Waals surface area contributed by atoms with Crippen LogP contribution in [0.1, 0.15) is 6.92 Å². The number of rotatable bonds is 5. The maximum absolute atomic E-state index is 14.3. The molecule has 1 heterocycles. The first-order valence-electron chi connectivity index (χ1n) is 6.85. The molecule has 0 N–H and O–H groups in total. The van der Waals surface area contributed by atoms with Gasteiger partial charge in [0, 0.05) is 38.8 Å². The van der Waals surface area contributed by atoms with Crippen LogP contribution < -0.4 is 10.3 Å². The predicted octanol–water partition coefficient (Wildman–Crippen LogP) is 3.88. The number of halogens is 4. The summed E-state index contributed by atoms with van der Waals surface area (Å²) in [5, 5.41) is 0. The number of aromatic nitrogens is 1. The molecule has 0 aliphatic rings. The van der Waals surface area contributed by atoms with Gasteiger partial charge in [-0.2, -0.15) is 12.1 Å². The maximum atomic E-state index is 14.3. The van der Waals surface area contributed by atoms with Crippen molar-refractivity contribution in [3.05, 3.63) is 51.0 Å². The van der Waals surface area contributed by atoms with Crippen LogP contribution in [0, 0.1) is 23.7 Å². The fourth-order valence-electron chi connectivity index (χ4n) is 2.01. The van der Waals surface area contributed by atoms with Gasteiger partial charge in [-0.1, -0.05) is 17.2 Å². The first-order chi connectivity index (χ1) is 11.4. The van der Waals surface area contributed by atoms with Crippen LogP contribution in [0.2, 0.25) is 0 Å². The van der Waals surface area contributed by atoms with E-state index in [9.17, 15) is 18.0 Å². The molecular weight excluding hydrogens is 476 g/mol. The molecule has 3 nitrogen and oxygen atoms in total. The first-order valence-corrected chi connectivity index (χ1v) is 7.64. The molecule has 129 valence electrons. The van der Waals surface area contributed by atoms with E-state index in [1.165, 1.54) is 18.2 Å². The first kappa shape index (κ1) is 21.9. The Kier molecular flexibility index (Phi) is 8.91. The second-order valence-electron chi connectivity index (χ2n) is 4.65. The fourth-order valence-corrected chi connectivity index (χ4v) is 2.33. The van der Waals surface area contributed by atoms with Crippen LogP contribution in [0.4, 0.5) is 13.2 Å². The molecule has 2 rings (SSSR count). The second kappa shape index (κ2) is 10.1. The fraction of sp³-hybridized carbons (Fsp3) is 0.235. The van der Waals surface area contributed by atoms with Crippen LogP contribution in [-0.4, -0.2) is 17.6 Å². The third kappa shape index (κ3) is 5.70. The van der Waals surface area contributed by atoms with Gasteiger partial charge in [-0.05, 0) is 17.5 Å². The zero-order valence-electron chi connectivity index (χ0n) is 13.2. The van der Waals surface area contributed by atoms with Crippen molar-refractivity contribution in [2.45, 2.75) is 19.9 Å². The van der Waals surface area contributed by atoms with E-state index in [0.29, 0.717) is 0 Å². The van der Waals surface area contributed by atoms with Gasteiger partial charge in [0.25, 0.3) is 6.43 Å². The Balaban J connectivity index is 0.00000312. The number of ether oxygens (including phenoxy) is 1. The SMILES string of the molecule is CC#CCOc1ccc(-c2[c-]cc(Br)c(=O)n2CC(F)F)c(F)c1.[Y]. The average molecular weight is 488 g/mol. The van der Waals surface area contributed by atoms with Crippen LogP contribution in [0.3, 0.4) is 0 Å². The molecular formula is C17H12BrF3NO2Y-. The molecule has 25 heavy (non-hydrogen) atoms. The summed E-state index contributed by atoms with van der Waals surface area (Å²) < 4.78 is 45.9. The van der Waals surface area contributed by atoms with E-state index in [2.05, 4.69) is 33.8 Å². The van der Waals surface area contributed by atoms with Gasteiger partial charge in [-0.15, -0.1) is 27.9 Å². The van der Waals surface area contributed by atoms with E-state index in [0.717, 1.165) is 10.6 Å². The second-order valence-corrected chi connectivity index (χ2v) is 5.50. The maximum Gasteiger partial charge on any atom is 0.256 e. The Labute approximate surface area is 176 Å². The molecule has 0 spiro atoms. The Hall–Kier alpha value is -1.10. The molecule has 0 bridgehead atoms. The molecule has 0 unspecified atom stereocenters. The summed E-state index contributed by atoms with van der Waals surface area (Å²) in [6.45, 7) is 0.905. The van der Waals surface area contributed by atoms with Gasteiger partial charge in [0.15, 0.2) is 0 Å². The van der Waals surface area contributed by atoms with E-state index in [4.69, 9.17) is 4.74 Å².